The molecule has 0 aliphatic heterocycles. The van der Waals surface area contributed by atoms with Gasteiger partial charge < -0.3 is 8.97 Å². The summed E-state index contributed by atoms with van der Waals surface area (Å²) in [7, 11) is 0. The highest BCUT2D eigenvalue weighted by molar-refractivity contribution is 7.74. The molecular weight excluding hydrogens is 124 g/mol. The van der Waals surface area contributed by atoms with Gasteiger partial charge in [-0.2, -0.15) is 0 Å². The van der Waals surface area contributed by atoms with E-state index >= 15 is 0 Å². The van der Waals surface area contributed by atoms with Crippen molar-refractivity contribution in [2.24, 2.45) is 0 Å². The van der Waals surface area contributed by atoms with Gasteiger partial charge >= 0.3 is 0 Å². The lowest BCUT2D eigenvalue weighted by molar-refractivity contribution is 0.534. The summed E-state index contributed by atoms with van der Waals surface area (Å²) in [5.41, 5.74) is 0. The van der Waals surface area contributed by atoms with Crippen LogP contribution in [-0.2, 0) is 0 Å². The first-order valence-electron chi connectivity index (χ1n) is 2.10. The maximum atomic E-state index is 6.69. The van der Waals surface area contributed by atoms with E-state index in [0.717, 1.165) is 5.76 Å². The monoisotopic (exact) mass is 132 g/mol. The van der Waals surface area contributed by atoms with E-state index in [2.05, 4.69) is 12.9 Å². The molecule has 0 aliphatic rings. The first-order chi connectivity index (χ1) is 3.89. The molecule has 0 atom stereocenters. The molecule has 0 unspecified atom stereocenters. The number of furan rings is 1. The average Bonchev–Trinajstić information content (AvgIpc) is 2.24. The molecule has 8 heavy (non-hydrogen) atoms. The minimum atomic E-state index is 0.968. The van der Waals surface area contributed by atoms with E-state index in [1.54, 1.807) is 6.26 Å². The maximum Gasteiger partial charge on any atom is 0.100 e. The molecule has 1 aromatic rings. The third-order valence-corrected chi connectivity index (χ3v) is 0.663. The third-order valence-electron chi connectivity index (χ3n) is 0.663. The fourth-order valence-electron chi connectivity index (χ4n) is 0.361. The fraction of sp³-hybridized carbons (Fsp3) is 0.200. The Morgan fingerprint density at radius 3 is 2.38 bits per heavy atom. The first-order valence-corrected chi connectivity index (χ1v) is 2.50. The van der Waals surface area contributed by atoms with Crippen molar-refractivity contribution < 1.29 is 8.97 Å². The van der Waals surface area contributed by atoms with Crippen LogP contribution in [0.15, 0.2) is 22.8 Å². The summed E-state index contributed by atoms with van der Waals surface area (Å²) in [6.07, 6.45) is 1.66. The van der Waals surface area contributed by atoms with Gasteiger partial charge in [0.2, 0.25) is 0 Å². The van der Waals surface area contributed by atoms with Crippen molar-refractivity contribution in [3.05, 3.63) is 24.2 Å². The van der Waals surface area contributed by atoms with Gasteiger partial charge in [0.25, 0.3) is 0 Å². The van der Waals surface area contributed by atoms with Crippen LogP contribution in [0, 0.1) is 6.92 Å². The topological polar surface area (TPSA) is 33.4 Å². The zero-order chi connectivity index (χ0) is 6.41. The van der Waals surface area contributed by atoms with Crippen molar-refractivity contribution in [2.45, 2.75) is 6.92 Å². The minimum absolute atomic E-state index is 0.968. The lowest BCUT2D eigenvalue weighted by atomic mass is 10.5. The van der Waals surface area contributed by atoms with Gasteiger partial charge in [0.05, 0.1) is 6.26 Å². The Bertz CT molecular complexity index is 114. The van der Waals surface area contributed by atoms with E-state index < -0.39 is 0 Å². The summed E-state index contributed by atoms with van der Waals surface area (Å²) in [5.74, 6) is 0.968. The van der Waals surface area contributed by atoms with Crippen molar-refractivity contribution in [2.75, 3.05) is 0 Å². The van der Waals surface area contributed by atoms with Crippen molar-refractivity contribution >= 4 is 12.9 Å². The van der Waals surface area contributed by atoms with E-state index in [1.807, 2.05) is 19.1 Å². The second kappa shape index (κ2) is 4.74. The molecule has 0 amide bonds. The average molecular weight is 132 g/mol. The van der Waals surface area contributed by atoms with Gasteiger partial charge in [0, 0.05) is 0 Å². The SMILES string of the molecule is Cc1ccco1.OS. The summed E-state index contributed by atoms with van der Waals surface area (Å²) in [4.78, 5) is 0. The second-order valence-corrected chi connectivity index (χ2v) is 1.22. The standard InChI is InChI=1S/C5H6O.H2OS/c1-5-3-2-4-6-5;1-2/h2-4H,1H3;1-2H. The highest BCUT2D eigenvalue weighted by Crippen LogP contribution is 1.93. The number of hydrogen-bond donors (Lipinski definition) is 2. The van der Waals surface area contributed by atoms with Crippen LogP contribution in [0.2, 0.25) is 0 Å². The van der Waals surface area contributed by atoms with E-state index in [0.29, 0.717) is 0 Å². The highest BCUT2D eigenvalue weighted by Gasteiger charge is 1.75. The molecule has 1 rings (SSSR count). The van der Waals surface area contributed by atoms with Crippen molar-refractivity contribution in [1.82, 2.24) is 0 Å². The fourth-order valence-corrected chi connectivity index (χ4v) is 0.361. The van der Waals surface area contributed by atoms with Crippen LogP contribution in [-0.4, -0.2) is 4.55 Å². The molecule has 0 spiro atoms. The van der Waals surface area contributed by atoms with Crippen LogP contribution in [0.25, 0.3) is 0 Å². The molecule has 1 N–H and O–H groups in total. The first kappa shape index (κ1) is 7.59. The van der Waals surface area contributed by atoms with Crippen LogP contribution in [0.3, 0.4) is 0 Å². The lowest BCUT2D eigenvalue weighted by Gasteiger charge is -1.69. The normalized spacial score (nSPS) is 7.38. The Labute approximate surface area is 53.8 Å². The van der Waals surface area contributed by atoms with Crippen molar-refractivity contribution in [3.63, 3.8) is 0 Å². The number of hydrogen-bond acceptors (Lipinski definition) is 3. The lowest BCUT2D eigenvalue weighted by Crippen LogP contribution is -1.48. The van der Waals surface area contributed by atoms with Gasteiger partial charge in [-0.1, -0.05) is 0 Å². The zero-order valence-corrected chi connectivity index (χ0v) is 5.43. The largest absolute Gasteiger partial charge is 0.470 e. The molecule has 0 fully saturated rings. The van der Waals surface area contributed by atoms with Crippen LogP contribution >= 0.6 is 12.9 Å². The molecule has 0 saturated carbocycles. The van der Waals surface area contributed by atoms with E-state index in [9.17, 15) is 0 Å². The van der Waals surface area contributed by atoms with E-state index in [-0.39, 0.29) is 0 Å². The molecule has 46 valence electrons. The predicted octanol–water partition coefficient (Wildman–Crippen LogP) is 1.98. The molecule has 1 heterocycles. The van der Waals surface area contributed by atoms with Crippen LogP contribution in [0.5, 0.6) is 0 Å². The Hall–Kier alpha value is -0.410. The Morgan fingerprint density at radius 1 is 1.62 bits per heavy atom. The number of rotatable bonds is 0. The molecule has 0 saturated heterocycles. The van der Waals surface area contributed by atoms with Crippen LogP contribution in [0.1, 0.15) is 5.76 Å². The number of aryl methyl sites for hydroxylation is 1. The molecule has 3 heteroatoms. The molecule has 0 aliphatic carbocycles. The Balaban J connectivity index is 0.000000222. The zero-order valence-electron chi connectivity index (χ0n) is 4.53. The molecule has 0 aromatic carbocycles. The van der Waals surface area contributed by atoms with Crippen LogP contribution in [0.4, 0.5) is 0 Å². The summed E-state index contributed by atoms with van der Waals surface area (Å²) in [5, 5.41) is 0. The third kappa shape index (κ3) is 2.71. The van der Waals surface area contributed by atoms with Crippen molar-refractivity contribution in [3.8, 4) is 0 Å². The Kier molecular flexibility index (Phi) is 4.50. The predicted molar refractivity (Wildman–Crippen MR) is 35.1 cm³/mol. The Morgan fingerprint density at radius 2 is 2.25 bits per heavy atom. The maximum absolute atomic E-state index is 6.69. The molecule has 1 aromatic heterocycles. The molecular formula is C5H8O2S. The summed E-state index contributed by atoms with van der Waals surface area (Å²) in [6.45, 7) is 1.92. The highest BCUT2D eigenvalue weighted by atomic mass is 32.1. The van der Waals surface area contributed by atoms with Gasteiger partial charge in [-0.25, -0.2) is 0 Å². The van der Waals surface area contributed by atoms with E-state index in [1.165, 1.54) is 0 Å². The molecule has 2 nitrogen and oxygen atoms in total. The smallest absolute Gasteiger partial charge is 0.100 e. The summed E-state index contributed by atoms with van der Waals surface area (Å²) in [6, 6.07) is 3.79. The minimum Gasteiger partial charge on any atom is -0.470 e. The van der Waals surface area contributed by atoms with Crippen LogP contribution < -0.4 is 0 Å². The molecule has 0 radical (unpaired) electrons. The molecule has 0 bridgehead atoms. The van der Waals surface area contributed by atoms with Gasteiger partial charge in [-0.15, -0.1) is 0 Å². The second-order valence-electron chi connectivity index (χ2n) is 1.22. The summed E-state index contributed by atoms with van der Waals surface area (Å²) >= 11 is 2.53. The van der Waals surface area contributed by atoms with Gasteiger partial charge in [0.1, 0.15) is 5.76 Å². The quantitative estimate of drug-likeness (QED) is 0.418. The summed E-state index contributed by atoms with van der Waals surface area (Å²) < 4.78 is 11.5. The van der Waals surface area contributed by atoms with Crippen molar-refractivity contribution in [1.29, 1.82) is 0 Å². The van der Waals surface area contributed by atoms with Gasteiger partial charge in [0.15, 0.2) is 0 Å². The number of thiol groups is 1. The van der Waals surface area contributed by atoms with Gasteiger partial charge in [-0.05, 0) is 32.0 Å². The van der Waals surface area contributed by atoms with Gasteiger partial charge in [-0.3, -0.25) is 0 Å². The van der Waals surface area contributed by atoms with E-state index in [4.69, 9.17) is 8.97 Å².